The average Bonchev–Trinajstić information content (AvgIpc) is 2.42. The third-order valence-corrected chi connectivity index (χ3v) is 2.73. The fourth-order valence-electron chi connectivity index (χ4n) is 1.86. The van der Waals surface area contributed by atoms with E-state index in [1.165, 1.54) is 0 Å². The Labute approximate surface area is 101 Å². The third kappa shape index (κ3) is 2.64. The second kappa shape index (κ2) is 5.48. The lowest BCUT2D eigenvalue weighted by Crippen LogP contribution is -2.45. The monoisotopic (exact) mass is 231 g/mol. The van der Waals surface area contributed by atoms with Gasteiger partial charge in [-0.25, -0.2) is 0 Å². The van der Waals surface area contributed by atoms with Crippen molar-refractivity contribution in [3.8, 4) is 0 Å². The van der Waals surface area contributed by atoms with E-state index in [0.29, 0.717) is 12.4 Å². The van der Waals surface area contributed by atoms with Crippen molar-refractivity contribution in [2.24, 2.45) is 4.99 Å². The van der Waals surface area contributed by atoms with E-state index in [-0.39, 0.29) is 5.91 Å². The number of nitrogens with zero attached hydrogens (tertiary/aromatic N) is 2. The molecule has 0 aliphatic carbocycles. The predicted octanol–water partition coefficient (Wildman–Crippen LogP) is 1.43. The van der Waals surface area contributed by atoms with Gasteiger partial charge in [0, 0.05) is 25.3 Å². The van der Waals surface area contributed by atoms with Crippen molar-refractivity contribution in [2.45, 2.75) is 13.3 Å². The van der Waals surface area contributed by atoms with E-state index in [2.05, 4.69) is 10.3 Å². The van der Waals surface area contributed by atoms with Crippen LogP contribution in [0.25, 0.3) is 0 Å². The quantitative estimate of drug-likeness (QED) is 0.855. The molecule has 90 valence electrons. The van der Waals surface area contributed by atoms with Crippen LogP contribution in [0.4, 0.5) is 5.69 Å². The van der Waals surface area contributed by atoms with Crippen LogP contribution in [0.15, 0.2) is 35.3 Å². The molecule has 1 aromatic carbocycles. The highest BCUT2D eigenvalue weighted by Gasteiger charge is 2.20. The predicted molar refractivity (Wildman–Crippen MR) is 69.4 cm³/mol. The minimum Gasteiger partial charge on any atom is -0.366 e. The standard InChI is InChI=1S/C13H17N3O/c1-2-16(11-7-4-3-5-8-11)13(17)12-14-9-6-10-15-12/h3-5,7-8H,2,6,9-10H2,1H3,(H,14,15). The van der Waals surface area contributed by atoms with E-state index in [4.69, 9.17) is 0 Å². The number of para-hydroxylation sites is 1. The van der Waals surface area contributed by atoms with Crippen LogP contribution in [-0.2, 0) is 4.79 Å². The number of benzene rings is 1. The molecule has 2 rings (SSSR count). The molecule has 1 N–H and O–H groups in total. The summed E-state index contributed by atoms with van der Waals surface area (Å²) in [6, 6.07) is 9.68. The minimum atomic E-state index is -0.0431. The molecule has 0 spiro atoms. The maximum atomic E-state index is 12.3. The summed E-state index contributed by atoms with van der Waals surface area (Å²) in [7, 11) is 0. The molecule has 0 saturated heterocycles. The number of hydrogen-bond acceptors (Lipinski definition) is 3. The molecule has 4 nitrogen and oxygen atoms in total. The van der Waals surface area contributed by atoms with Crippen molar-refractivity contribution in [3.05, 3.63) is 30.3 Å². The maximum absolute atomic E-state index is 12.3. The van der Waals surface area contributed by atoms with E-state index in [1.807, 2.05) is 37.3 Å². The van der Waals surface area contributed by atoms with Crippen molar-refractivity contribution in [2.75, 3.05) is 24.5 Å². The molecule has 17 heavy (non-hydrogen) atoms. The molecule has 0 radical (unpaired) electrons. The van der Waals surface area contributed by atoms with Crippen molar-refractivity contribution in [1.29, 1.82) is 0 Å². The average molecular weight is 231 g/mol. The normalized spacial score (nSPS) is 14.8. The zero-order chi connectivity index (χ0) is 12.1. The first kappa shape index (κ1) is 11.6. The van der Waals surface area contributed by atoms with Crippen LogP contribution in [-0.4, -0.2) is 31.4 Å². The minimum absolute atomic E-state index is 0.0431. The van der Waals surface area contributed by atoms with Crippen LogP contribution in [0, 0.1) is 0 Å². The van der Waals surface area contributed by atoms with Gasteiger partial charge in [-0.2, -0.15) is 0 Å². The molecule has 0 aromatic heterocycles. The van der Waals surface area contributed by atoms with Crippen molar-refractivity contribution >= 4 is 17.4 Å². The topological polar surface area (TPSA) is 44.7 Å². The van der Waals surface area contributed by atoms with Crippen LogP contribution >= 0.6 is 0 Å². The zero-order valence-corrected chi connectivity index (χ0v) is 10.0. The first-order chi connectivity index (χ1) is 8.33. The molecule has 0 unspecified atom stereocenters. The van der Waals surface area contributed by atoms with Gasteiger partial charge in [0.25, 0.3) is 5.91 Å². The van der Waals surface area contributed by atoms with E-state index < -0.39 is 0 Å². The lowest BCUT2D eigenvalue weighted by molar-refractivity contribution is -0.112. The number of amides is 1. The van der Waals surface area contributed by atoms with Crippen molar-refractivity contribution in [1.82, 2.24) is 5.32 Å². The summed E-state index contributed by atoms with van der Waals surface area (Å²) in [4.78, 5) is 18.2. The van der Waals surface area contributed by atoms with Gasteiger partial charge in [0.1, 0.15) is 0 Å². The fraction of sp³-hybridized carbons (Fsp3) is 0.385. The Balaban J connectivity index is 2.19. The highest BCUT2D eigenvalue weighted by Crippen LogP contribution is 2.13. The molecule has 1 aromatic rings. The summed E-state index contributed by atoms with van der Waals surface area (Å²) in [6.45, 7) is 4.18. The Bertz CT molecular complexity index is 414. The van der Waals surface area contributed by atoms with Gasteiger partial charge in [-0.1, -0.05) is 18.2 Å². The summed E-state index contributed by atoms with van der Waals surface area (Å²) in [5, 5.41) is 3.06. The van der Waals surface area contributed by atoms with E-state index in [0.717, 1.165) is 25.2 Å². The number of carbonyl (C=O) groups is 1. The molecular formula is C13H17N3O. The van der Waals surface area contributed by atoms with Crippen LogP contribution in [0.5, 0.6) is 0 Å². The molecule has 0 fully saturated rings. The largest absolute Gasteiger partial charge is 0.366 e. The Kier molecular flexibility index (Phi) is 3.75. The van der Waals surface area contributed by atoms with Gasteiger partial charge >= 0.3 is 0 Å². The van der Waals surface area contributed by atoms with Gasteiger partial charge in [-0.3, -0.25) is 9.79 Å². The molecule has 1 heterocycles. The molecule has 1 aliphatic rings. The first-order valence-electron chi connectivity index (χ1n) is 5.98. The second-order valence-electron chi connectivity index (χ2n) is 3.90. The fourth-order valence-corrected chi connectivity index (χ4v) is 1.86. The van der Waals surface area contributed by atoms with Crippen LogP contribution < -0.4 is 10.2 Å². The lowest BCUT2D eigenvalue weighted by Gasteiger charge is -2.23. The Hall–Kier alpha value is -1.84. The maximum Gasteiger partial charge on any atom is 0.293 e. The van der Waals surface area contributed by atoms with E-state index >= 15 is 0 Å². The van der Waals surface area contributed by atoms with Gasteiger partial charge in [-0.05, 0) is 25.5 Å². The second-order valence-corrected chi connectivity index (χ2v) is 3.90. The molecule has 1 amide bonds. The van der Waals surface area contributed by atoms with Crippen molar-refractivity contribution in [3.63, 3.8) is 0 Å². The molecule has 0 bridgehead atoms. The number of hydrogen-bond donors (Lipinski definition) is 1. The summed E-state index contributed by atoms with van der Waals surface area (Å²) >= 11 is 0. The summed E-state index contributed by atoms with van der Waals surface area (Å²) in [6.07, 6.45) is 0.994. The number of nitrogens with one attached hydrogen (secondary N) is 1. The van der Waals surface area contributed by atoms with Crippen molar-refractivity contribution < 1.29 is 4.79 Å². The van der Waals surface area contributed by atoms with Crippen LogP contribution in [0.1, 0.15) is 13.3 Å². The Morgan fingerprint density at radius 1 is 1.41 bits per heavy atom. The number of rotatable bonds is 3. The number of amidine groups is 1. The summed E-state index contributed by atoms with van der Waals surface area (Å²) in [5.41, 5.74) is 0.912. The van der Waals surface area contributed by atoms with E-state index in [1.54, 1.807) is 4.90 Å². The number of anilines is 1. The molecular weight excluding hydrogens is 214 g/mol. The third-order valence-electron chi connectivity index (χ3n) is 2.73. The molecule has 4 heteroatoms. The lowest BCUT2D eigenvalue weighted by atomic mass is 10.2. The Morgan fingerprint density at radius 2 is 2.18 bits per heavy atom. The highest BCUT2D eigenvalue weighted by atomic mass is 16.2. The van der Waals surface area contributed by atoms with Gasteiger partial charge in [0.15, 0.2) is 5.84 Å². The number of carbonyl (C=O) groups excluding carboxylic acids is 1. The van der Waals surface area contributed by atoms with Gasteiger partial charge in [0.05, 0.1) is 0 Å². The first-order valence-corrected chi connectivity index (χ1v) is 5.98. The SMILES string of the molecule is CCN(C(=O)C1=NCCCN1)c1ccccc1. The number of likely N-dealkylation sites (N-methyl/N-ethyl adjacent to an activating group) is 1. The van der Waals surface area contributed by atoms with Crippen LogP contribution in [0.2, 0.25) is 0 Å². The zero-order valence-electron chi connectivity index (χ0n) is 10.0. The molecule has 0 atom stereocenters. The molecule has 0 saturated carbocycles. The Morgan fingerprint density at radius 3 is 2.76 bits per heavy atom. The van der Waals surface area contributed by atoms with Gasteiger partial charge < -0.3 is 10.2 Å². The highest BCUT2D eigenvalue weighted by molar-refractivity contribution is 6.42. The molecule has 1 aliphatic heterocycles. The smallest absolute Gasteiger partial charge is 0.293 e. The van der Waals surface area contributed by atoms with Crippen LogP contribution in [0.3, 0.4) is 0 Å². The number of aliphatic imine (C=N–C) groups is 1. The van der Waals surface area contributed by atoms with Gasteiger partial charge in [-0.15, -0.1) is 0 Å². The summed E-state index contributed by atoms with van der Waals surface area (Å²) < 4.78 is 0. The summed E-state index contributed by atoms with van der Waals surface area (Å²) in [5.74, 6) is 0.445. The van der Waals surface area contributed by atoms with E-state index in [9.17, 15) is 4.79 Å². The van der Waals surface area contributed by atoms with Gasteiger partial charge in [0.2, 0.25) is 0 Å².